The third kappa shape index (κ3) is 5.44. The number of ether oxygens (including phenoxy) is 2. The second kappa shape index (κ2) is 9.37. The summed E-state index contributed by atoms with van der Waals surface area (Å²) in [5, 5.41) is 3.53. The van der Waals surface area contributed by atoms with Gasteiger partial charge in [0.1, 0.15) is 0 Å². The molecule has 144 valence electrons. The fourth-order valence-electron chi connectivity index (χ4n) is 3.41. The molecule has 1 aromatic heterocycles. The van der Waals surface area contributed by atoms with E-state index in [-0.39, 0.29) is 0 Å². The first kappa shape index (κ1) is 19.2. The minimum Gasteiger partial charge on any atom is -0.493 e. The number of benzene rings is 1. The fraction of sp³-hybridized carbons (Fsp3) is 0.429. The highest BCUT2D eigenvalue weighted by Gasteiger charge is 2.13. The highest BCUT2D eigenvalue weighted by Crippen LogP contribution is 2.31. The van der Waals surface area contributed by atoms with Crippen molar-refractivity contribution in [3.63, 3.8) is 0 Å². The van der Waals surface area contributed by atoms with Crippen LogP contribution in [-0.2, 0) is 6.54 Å². The molecule has 3 N–H and O–H groups in total. The molecule has 6 heteroatoms. The van der Waals surface area contributed by atoms with Crippen molar-refractivity contribution in [1.29, 1.82) is 0 Å². The number of methoxy groups -OCH3 is 1. The van der Waals surface area contributed by atoms with Crippen LogP contribution >= 0.6 is 0 Å². The number of carbonyl (C=O) groups is 1. The summed E-state index contributed by atoms with van der Waals surface area (Å²) in [5.41, 5.74) is 6.78. The summed E-state index contributed by atoms with van der Waals surface area (Å²) in [4.78, 5) is 15.6. The number of primary amides is 1. The molecule has 1 aliphatic carbocycles. The summed E-state index contributed by atoms with van der Waals surface area (Å²) in [6.07, 6.45) is 8.61. The van der Waals surface area contributed by atoms with Crippen molar-refractivity contribution < 1.29 is 14.3 Å². The molecule has 1 heterocycles. The van der Waals surface area contributed by atoms with Crippen molar-refractivity contribution in [3.05, 3.63) is 47.7 Å². The van der Waals surface area contributed by atoms with Gasteiger partial charge in [0.25, 0.3) is 0 Å². The molecule has 3 rings (SSSR count). The zero-order valence-corrected chi connectivity index (χ0v) is 15.7. The number of amides is 1. The van der Waals surface area contributed by atoms with Crippen LogP contribution in [0.2, 0.25) is 0 Å². The standard InChI is InChI=1S/C21H27N3O3/c1-26-19-11-17(21(22)25)8-9-18(19)27-20-10-7-16(14-24-20)13-23-12-15-5-3-2-4-6-15/h7-11,14-15,23H,2-6,12-13H2,1H3,(H2,22,25). The summed E-state index contributed by atoms with van der Waals surface area (Å²) in [5.74, 6) is 1.69. The number of nitrogens with one attached hydrogen (secondary N) is 1. The first-order chi connectivity index (χ1) is 13.2. The Bertz CT molecular complexity index is 756. The van der Waals surface area contributed by atoms with Gasteiger partial charge in [-0.05, 0) is 49.1 Å². The predicted octanol–water partition coefficient (Wildman–Crippen LogP) is 3.65. The van der Waals surface area contributed by atoms with E-state index in [0.717, 1.165) is 24.6 Å². The average Bonchev–Trinajstić information content (AvgIpc) is 2.70. The van der Waals surface area contributed by atoms with Crippen LogP contribution in [-0.4, -0.2) is 24.5 Å². The number of nitrogens with zero attached hydrogens (tertiary/aromatic N) is 1. The fourth-order valence-corrected chi connectivity index (χ4v) is 3.41. The van der Waals surface area contributed by atoms with Crippen LogP contribution in [0.15, 0.2) is 36.5 Å². The van der Waals surface area contributed by atoms with Gasteiger partial charge in [-0.15, -0.1) is 0 Å². The molecule has 1 aromatic carbocycles. The lowest BCUT2D eigenvalue weighted by atomic mass is 9.89. The number of pyridine rings is 1. The van der Waals surface area contributed by atoms with Crippen LogP contribution in [0.5, 0.6) is 17.4 Å². The molecular formula is C21H27N3O3. The van der Waals surface area contributed by atoms with E-state index in [0.29, 0.717) is 22.9 Å². The summed E-state index contributed by atoms with van der Waals surface area (Å²) in [6, 6.07) is 8.64. The van der Waals surface area contributed by atoms with Crippen LogP contribution < -0.4 is 20.5 Å². The van der Waals surface area contributed by atoms with E-state index in [2.05, 4.69) is 10.3 Å². The first-order valence-electron chi connectivity index (χ1n) is 9.47. The molecule has 27 heavy (non-hydrogen) atoms. The Morgan fingerprint density at radius 2 is 2.00 bits per heavy atom. The second-order valence-electron chi connectivity index (χ2n) is 6.97. The van der Waals surface area contributed by atoms with Crippen LogP contribution in [0.25, 0.3) is 0 Å². The van der Waals surface area contributed by atoms with Gasteiger partial charge in [-0.3, -0.25) is 4.79 Å². The Labute approximate surface area is 160 Å². The number of aromatic nitrogens is 1. The van der Waals surface area contributed by atoms with E-state index >= 15 is 0 Å². The van der Waals surface area contributed by atoms with Crippen molar-refractivity contribution in [1.82, 2.24) is 10.3 Å². The zero-order chi connectivity index (χ0) is 19.1. The molecule has 1 amide bonds. The molecule has 0 saturated heterocycles. The van der Waals surface area contributed by atoms with Crippen LogP contribution in [0.4, 0.5) is 0 Å². The Hall–Kier alpha value is -2.60. The average molecular weight is 369 g/mol. The summed E-state index contributed by atoms with van der Waals surface area (Å²) in [6.45, 7) is 1.88. The molecule has 1 fully saturated rings. The third-order valence-electron chi connectivity index (χ3n) is 4.95. The summed E-state index contributed by atoms with van der Waals surface area (Å²) in [7, 11) is 1.52. The van der Waals surface area contributed by atoms with E-state index in [1.54, 1.807) is 18.2 Å². The van der Waals surface area contributed by atoms with Gasteiger partial charge in [0.2, 0.25) is 11.8 Å². The van der Waals surface area contributed by atoms with Gasteiger partial charge in [0, 0.05) is 24.4 Å². The lowest BCUT2D eigenvalue weighted by molar-refractivity contribution is 0.1000. The molecule has 0 unspecified atom stereocenters. The van der Waals surface area contributed by atoms with E-state index in [9.17, 15) is 4.79 Å². The molecule has 1 saturated carbocycles. The lowest BCUT2D eigenvalue weighted by Gasteiger charge is -2.21. The van der Waals surface area contributed by atoms with Crippen molar-refractivity contribution in [2.75, 3.05) is 13.7 Å². The van der Waals surface area contributed by atoms with Crippen molar-refractivity contribution in [3.8, 4) is 17.4 Å². The molecule has 6 nitrogen and oxygen atoms in total. The molecule has 1 aliphatic rings. The lowest BCUT2D eigenvalue weighted by Crippen LogP contribution is -2.24. The molecule has 0 aliphatic heterocycles. The van der Waals surface area contributed by atoms with Gasteiger partial charge >= 0.3 is 0 Å². The molecular weight excluding hydrogens is 342 g/mol. The number of nitrogens with two attached hydrogens (primary N) is 1. The Kier molecular flexibility index (Phi) is 6.65. The van der Waals surface area contributed by atoms with Gasteiger partial charge in [-0.1, -0.05) is 25.3 Å². The molecule has 0 spiro atoms. The van der Waals surface area contributed by atoms with Crippen LogP contribution in [0.3, 0.4) is 0 Å². The minimum atomic E-state index is -0.511. The molecule has 2 aromatic rings. The van der Waals surface area contributed by atoms with Crippen LogP contribution in [0.1, 0.15) is 48.0 Å². The Morgan fingerprint density at radius 3 is 2.67 bits per heavy atom. The van der Waals surface area contributed by atoms with E-state index in [1.807, 2.05) is 18.3 Å². The predicted molar refractivity (Wildman–Crippen MR) is 104 cm³/mol. The van der Waals surface area contributed by atoms with Crippen molar-refractivity contribution >= 4 is 5.91 Å². The van der Waals surface area contributed by atoms with Crippen molar-refractivity contribution in [2.24, 2.45) is 11.7 Å². The SMILES string of the molecule is COc1cc(C(N)=O)ccc1Oc1ccc(CNCC2CCCCC2)cn1. The van der Waals surface area contributed by atoms with Gasteiger partial charge in [-0.25, -0.2) is 4.98 Å². The maximum Gasteiger partial charge on any atom is 0.248 e. The normalized spacial score (nSPS) is 14.7. The first-order valence-corrected chi connectivity index (χ1v) is 9.47. The largest absolute Gasteiger partial charge is 0.493 e. The Balaban J connectivity index is 1.55. The number of hydrogen-bond donors (Lipinski definition) is 2. The zero-order valence-electron chi connectivity index (χ0n) is 15.7. The summed E-state index contributed by atoms with van der Waals surface area (Å²) >= 11 is 0. The summed E-state index contributed by atoms with van der Waals surface area (Å²) < 4.78 is 11.1. The van der Waals surface area contributed by atoms with Gasteiger partial charge in [0.05, 0.1) is 7.11 Å². The topological polar surface area (TPSA) is 86.5 Å². The highest BCUT2D eigenvalue weighted by atomic mass is 16.5. The number of hydrogen-bond acceptors (Lipinski definition) is 5. The van der Waals surface area contributed by atoms with E-state index in [4.69, 9.17) is 15.2 Å². The van der Waals surface area contributed by atoms with Gasteiger partial charge in [0.15, 0.2) is 11.5 Å². The second-order valence-corrected chi connectivity index (χ2v) is 6.97. The molecule has 0 radical (unpaired) electrons. The number of carbonyl (C=O) groups excluding carboxylic acids is 1. The minimum absolute atomic E-state index is 0.367. The van der Waals surface area contributed by atoms with Gasteiger partial charge < -0.3 is 20.5 Å². The van der Waals surface area contributed by atoms with Gasteiger partial charge in [-0.2, -0.15) is 0 Å². The Morgan fingerprint density at radius 1 is 1.19 bits per heavy atom. The quantitative estimate of drug-likeness (QED) is 0.742. The maximum absolute atomic E-state index is 11.3. The van der Waals surface area contributed by atoms with E-state index in [1.165, 1.54) is 39.2 Å². The molecule has 0 atom stereocenters. The monoisotopic (exact) mass is 369 g/mol. The maximum atomic E-state index is 11.3. The third-order valence-corrected chi connectivity index (χ3v) is 4.95. The number of rotatable bonds is 8. The van der Waals surface area contributed by atoms with E-state index < -0.39 is 5.91 Å². The molecule has 0 bridgehead atoms. The smallest absolute Gasteiger partial charge is 0.248 e. The highest BCUT2D eigenvalue weighted by molar-refractivity contribution is 5.93. The van der Waals surface area contributed by atoms with Crippen molar-refractivity contribution in [2.45, 2.75) is 38.6 Å². The van der Waals surface area contributed by atoms with Crippen LogP contribution in [0, 0.1) is 5.92 Å².